The summed E-state index contributed by atoms with van der Waals surface area (Å²) in [5.74, 6) is 0. The van der Waals surface area contributed by atoms with Gasteiger partial charge in [-0.05, 0) is 18.2 Å². The smallest absolute Gasteiger partial charge is 0.246 e. The number of hydrogen-bond donors (Lipinski definition) is 1. The summed E-state index contributed by atoms with van der Waals surface area (Å²) in [4.78, 5) is 0. The zero-order chi connectivity index (χ0) is 11.5. The molecule has 1 N–H and O–H groups in total. The Morgan fingerprint density at radius 2 is 2.13 bits per heavy atom. The zero-order valence-electron chi connectivity index (χ0n) is 7.37. The molecule has 0 heterocycles. The molecule has 0 atom stereocenters. The number of nitrogens with zero attached hydrogens (tertiary/aromatic N) is 1. The van der Waals surface area contributed by atoms with E-state index in [1.165, 1.54) is 18.2 Å². The highest BCUT2D eigenvalue weighted by atomic mass is 35.5. The molecule has 0 unspecified atom stereocenters. The highest BCUT2D eigenvalue weighted by Crippen LogP contribution is 2.23. The third-order valence-electron chi connectivity index (χ3n) is 1.50. The number of anilines is 1. The van der Waals surface area contributed by atoms with Gasteiger partial charge < -0.3 is 0 Å². The Hall–Kier alpha value is -0.960. The molecule has 0 saturated carbocycles. The van der Waals surface area contributed by atoms with Crippen LogP contribution in [0.15, 0.2) is 18.2 Å². The standard InChI is InChI=1S/C8H6Cl2N2O2S/c9-5-15(13,14)12-8-3-6(4-11)1-2-7(8)10/h1-3,12H,5H2. The quantitative estimate of drug-likeness (QED) is 0.851. The Kier molecular flexibility index (Phi) is 3.80. The lowest BCUT2D eigenvalue weighted by Gasteiger charge is -2.07. The van der Waals surface area contributed by atoms with Crippen molar-refractivity contribution in [2.75, 3.05) is 9.93 Å². The first-order chi connectivity index (χ1) is 6.98. The highest BCUT2D eigenvalue weighted by molar-refractivity contribution is 7.93. The fraction of sp³-hybridized carbons (Fsp3) is 0.125. The van der Waals surface area contributed by atoms with E-state index in [1.807, 2.05) is 6.07 Å². The zero-order valence-corrected chi connectivity index (χ0v) is 9.70. The molecule has 0 aliphatic heterocycles. The lowest BCUT2D eigenvalue weighted by molar-refractivity contribution is 0.605. The molecule has 0 radical (unpaired) electrons. The van der Waals surface area contributed by atoms with Crippen LogP contribution in [0, 0.1) is 11.3 Å². The third kappa shape index (κ3) is 3.27. The fourth-order valence-corrected chi connectivity index (χ4v) is 1.81. The monoisotopic (exact) mass is 264 g/mol. The molecule has 4 nitrogen and oxygen atoms in total. The number of halogens is 2. The summed E-state index contributed by atoms with van der Waals surface area (Å²) < 4.78 is 24.4. The molecule has 0 spiro atoms. The molecule has 1 aromatic rings. The number of sulfonamides is 1. The van der Waals surface area contributed by atoms with Crippen LogP contribution in [0.3, 0.4) is 0 Å². The van der Waals surface area contributed by atoms with Gasteiger partial charge in [0.25, 0.3) is 0 Å². The van der Waals surface area contributed by atoms with Crippen molar-refractivity contribution in [1.29, 1.82) is 5.26 Å². The minimum absolute atomic E-state index is 0.149. The minimum Gasteiger partial charge on any atom is -0.281 e. The Morgan fingerprint density at radius 1 is 1.47 bits per heavy atom. The average molecular weight is 265 g/mol. The van der Waals surface area contributed by atoms with E-state index in [-0.39, 0.29) is 10.7 Å². The lowest BCUT2D eigenvalue weighted by atomic mass is 10.2. The van der Waals surface area contributed by atoms with Crippen LogP contribution in [0.5, 0.6) is 0 Å². The molecule has 0 saturated heterocycles. The van der Waals surface area contributed by atoms with E-state index < -0.39 is 15.2 Å². The molecule has 0 aliphatic carbocycles. The molecule has 0 aromatic heterocycles. The first-order valence-electron chi connectivity index (χ1n) is 3.74. The summed E-state index contributed by atoms with van der Waals surface area (Å²) in [6.07, 6.45) is 0. The van der Waals surface area contributed by atoms with E-state index in [0.717, 1.165) is 0 Å². The van der Waals surface area contributed by atoms with Crippen LogP contribution >= 0.6 is 23.2 Å². The molecule has 7 heteroatoms. The maximum absolute atomic E-state index is 11.1. The van der Waals surface area contributed by atoms with Gasteiger partial charge in [-0.25, -0.2) is 8.42 Å². The predicted octanol–water partition coefficient (Wildman–Crippen LogP) is 2.15. The van der Waals surface area contributed by atoms with Gasteiger partial charge in [-0.1, -0.05) is 11.6 Å². The van der Waals surface area contributed by atoms with Crippen molar-refractivity contribution in [3.05, 3.63) is 28.8 Å². The molecular formula is C8H6Cl2N2O2S. The maximum Gasteiger partial charge on any atom is 0.246 e. The lowest BCUT2D eigenvalue weighted by Crippen LogP contribution is -2.13. The van der Waals surface area contributed by atoms with Gasteiger partial charge >= 0.3 is 0 Å². The molecule has 0 fully saturated rings. The maximum atomic E-state index is 11.1. The summed E-state index contributed by atoms with van der Waals surface area (Å²) >= 11 is 10.9. The average Bonchev–Trinajstić information content (AvgIpc) is 2.21. The fourth-order valence-electron chi connectivity index (χ4n) is 0.868. The van der Waals surface area contributed by atoms with Crippen molar-refractivity contribution in [3.63, 3.8) is 0 Å². The third-order valence-corrected chi connectivity index (χ3v) is 3.51. The van der Waals surface area contributed by atoms with Gasteiger partial charge in [0, 0.05) is 0 Å². The number of benzene rings is 1. The summed E-state index contributed by atoms with van der Waals surface area (Å²) in [5, 5.41) is 8.25. The van der Waals surface area contributed by atoms with Gasteiger partial charge in [0.1, 0.15) is 5.21 Å². The van der Waals surface area contributed by atoms with Crippen molar-refractivity contribution >= 4 is 38.9 Å². The molecular weight excluding hydrogens is 259 g/mol. The Morgan fingerprint density at radius 3 is 2.67 bits per heavy atom. The molecule has 1 aromatic carbocycles. The largest absolute Gasteiger partial charge is 0.281 e. The molecule has 0 amide bonds. The number of rotatable bonds is 3. The first-order valence-corrected chi connectivity index (χ1v) is 6.31. The number of nitriles is 1. The van der Waals surface area contributed by atoms with E-state index in [0.29, 0.717) is 5.56 Å². The van der Waals surface area contributed by atoms with Crippen LogP contribution in [0.1, 0.15) is 5.56 Å². The van der Waals surface area contributed by atoms with Gasteiger partial charge in [-0.3, -0.25) is 4.72 Å². The first kappa shape index (κ1) is 12.1. The summed E-state index contributed by atoms with van der Waals surface area (Å²) in [7, 11) is -3.60. The SMILES string of the molecule is N#Cc1ccc(Cl)c(NS(=O)(=O)CCl)c1. The summed E-state index contributed by atoms with van der Waals surface area (Å²) in [6, 6.07) is 6.14. The van der Waals surface area contributed by atoms with Gasteiger partial charge in [0.15, 0.2) is 0 Å². The second-order valence-electron chi connectivity index (χ2n) is 2.63. The number of hydrogen-bond acceptors (Lipinski definition) is 3. The van der Waals surface area contributed by atoms with Crippen molar-refractivity contribution in [1.82, 2.24) is 0 Å². The summed E-state index contributed by atoms with van der Waals surface area (Å²) in [5.41, 5.74) is 0.461. The normalized spacial score (nSPS) is 10.7. The molecule has 80 valence electrons. The minimum atomic E-state index is -3.60. The highest BCUT2D eigenvalue weighted by Gasteiger charge is 2.11. The molecule has 0 bridgehead atoms. The van der Waals surface area contributed by atoms with Crippen LogP contribution in [-0.2, 0) is 10.0 Å². The Labute approximate surface area is 97.5 Å². The Balaban J connectivity index is 3.10. The van der Waals surface area contributed by atoms with Crippen molar-refractivity contribution in [2.24, 2.45) is 0 Å². The topological polar surface area (TPSA) is 70.0 Å². The van der Waals surface area contributed by atoms with E-state index in [2.05, 4.69) is 4.72 Å². The van der Waals surface area contributed by atoms with Crippen LogP contribution < -0.4 is 4.72 Å². The predicted molar refractivity (Wildman–Crippen MR) is 59.4 cm³/mol. The molecule has 0 aliphatic rings. The van der Waals surface area contributed by atoms with E-state index in [1.54, 1.807) is 0 Å². The van der Waals surface area contributed by atoms with Crippen molar-refractivity contribution in [2.45, 2.75) is 0 Å². The number of nitrogens with one attached hydrogen (secondary N) is 1. The van der Waals surface area contributed by atoms with Gasteiger partial charge in [0.2, 0.25) is 10.0 Å². The second kappa shape index (κ2) is 4.71. The summed E-state index contributed by atoms with van der Waals surface area (Å²) in [6.45, 7) is 0. The van der Waals surface area contributed by atoms with Crippen LogP contribution in [-0.4, -0.2) is 13.6 Å². The number of alkyl halides is 1. The van der Waals surface area contributed by atoms with Gasteiger partial charge in [-0.15, -0.1) is 11.6 Å². The molecule has 1 rings (SSSR count). The van der Waals surface area contributed by atoms with Gasteiger partial charge in [-0.2, -0.15) is 5.26 Å². The van der Waals surface area contributed by atoms with Crippen LogP contribution in [0.2, 0.25) is 5.02 Å². The van der Waals surface area contributed by atoms with Crippen molar-refractivity contribution < 1.29 is 8.42 Å². The molecule has 15 heavy (non-hydrogen) atoms. The van der Waals surface area contributed by atoms with Crippen LogP contribution in [0.4, 0.5) is 5.69 Å². The second-order valence-corrected chi connectivity index (χ2v) is 5.35. The Bertz CT molecular complexity index is 508. The van der Waals surface area contributed by atoms with Crippen LogP contribution in [0.25, 0.3) is 0 Å². The van der Waals surface area contributed by atoms with E-state index in [9.17, 15) is 8.42 Å². The van der Waals surface area contributed by atoms with Crippen molar-refractivity contribution in [3.8, 4) is 6.07 Å². The van der Waals surface area contributed by atoms with Gasteiger partial charge in [0.05, 0.1) is 22.3 Å². The van der Waals surface area contributed by atoms with E-state index >= 15 is 0 Å². The van der Waals surface area contributed by atoms with E-state index in [4.69, 9.17) is 28.5 Å².